The number of nitro benzene ring substituents is 1. The Kier molecular flexibility index (Phi) is 8.87. The van der Waals surface area contributed by atoms with Gasteiger partial charge in [-0.2, -0.15) is 5.10 Å². The Hall–Kier alpha value is -2.07. The minimum atomic E-state index is -0.523. The highest BCUT2D eigenvalue weighted by atomic mass is 79.9. The number of methoxy groups -OCH3 is 1. The number of ether oxygens (including phenoxy) is 1. The van der Waals surface area contributed by atoms with Gasteiger partial charge in [0.1, 0.15) is 0 Å². The predicted molar refractivity (Wildman–Crippen MR) is 91.7 cm³/mol. The van der Waals surface area contributed by atoms with Gasteiger partial charge in [-0.05, 0) is 23.8 Å². The molecule has 1 rings (SSSR count). The van der Waals surface area contributed by atoms with Gasteiger partial charge in [0.15, 0.2) is 5.17 Å². The first-order valence-electron chi connectivity index (χ1n) is 5.67. The fourth-order valence-corrected chi connectivity index (χ4v) is 1.95. The number of amidine groups is 1. The Morgan fingerprint density at radius 2 is 2.05 bits per heavy atom. The summed E-state index contributed by atoms with van der Waals surface area (Å²) in [6.45, 7) is 0. The van der Waals surface area contributed by atoms with Gasteiger partial charge in [0.25, 0.3) is 5.69 Å². The molecule has 0 atom stereocenters. The summed E-state index contributed by atoms with van der Waals surface area (Å²) < 4.78 is 4.67. The number of carbonyl (C=O) groups excluding carboxylic acids is 1. The molecular formula is C12H15BrN4O4S. The van der Waals surface area contributed by atoms with E-state index in [4.69, 9.17) is 11.6 Å². The van der Waals surface area contributed by atoms with Gasteiger partial charge in [0, 0.05) is 23.5 Å². The number of carbonyl (C=O) groups is 1. The van der Waals surface area contributed by atoms with Crippen molar-refractivity contribution in [2.45, 2.75) is 0 Å². The molecule has 120 valence electrons. The highest BCUT2D eigenvalue weighted by Crippen LogP contribution is 2.17. The number of hydrogen-bond acceptors (Lipinski definition) is 7. The number of hydrazone groups is 1. The molecule has 10 heteroatoms. The summed E-state index contributed by atoms with van der Waals surface area (Å²) in [6, 6.07) is 5.77. The zero-order valence-corrected chi connectivity index (χ0v) is 14.1. The largest absolute Gasteiger partial charge is 0.466 e. The fourth-order valence-electron chi connectivity index (χ4n) is 1.37. The summed E-state index contributed by atoms with van der Waals surface area (Å²) >= 11 is 1.08. The smallest absolute Gasteiger partial charge is 0.334 e. The number of nitrogens with zero attached hydrogens (tertiary/aromatic N) is 2. The molecule has 0 saturated heterocycles. The van der Waals surface area contributed by atoms with Gasteiger partial charge < -0.3 is 16.3 Å². The molecule has 0 unspecified atom stereocenters. The molecule has 0 aliphatic heterocycles. The number of rotatable bonds is 5. The predicted octanol–water partition coefficient (Wildman–Crippen LogP) is 1.65. The number of esters is 1. The van der Waals surface area contributed by atoms with Crippen LogP contribution < -0.4 is 11.6 Å². The summed E-state index contributed by atoms with van der Waals surface area (Å²) in [6.07, 6.45) is 1.56. The first-order valence-corrected chi connectivity index (χ1v) is 6.66. The van der Waals surface area contributed by atoms with E-state index in [2.05, 4.69) is 9.84 Å². The second-order valence-electron chi connectivity index (χ2n) is 3.77. The number of thioether (sulfide) groups is 1. The van der Waals surface area contributed by atoms with E-state index in [1.807, 2.05) is 0 Å². The molecular weight excluding hydrogens is 376 g/mol. The van der Waals surface area contributed by atoms with Crippen molar-refractivity contribution in [1.82, 2.24) is 0 Å². The van der Waals surface area contributed by atoms with Crippen molar-refractivity contribution in [2.24, 2.45) is 16.7 Å². The maximum absolute atomic E-state index is 11.7. The molecule has 0 amide bonds. The lowest BCUT2D eigenvalue weighted by Crippen LogP contribution is -2.13. The van der Waals surface area contributed by atoms with Crippen LogP contribution in [0.15, 0.2) is 34.9 Å². The normalized spacial score (nSPS) is 11.5. The Morgan fingerprint density at radius 3 is 2.50 bits per heavy atom. The van der Waals surface area contributed by atoms with Crippen LogP contribution in [0, 0.1) is 10.1 Å². The summed E-state index contributed by atoms with van der Waals surface area (Å²) in [5.74, 6) is 4.70. The van der Waals surface area contributed by atoms with Gasteiger partial charge in [0.2, 0.25) is 0 Å². The maximum Gasteiger partial charge on any atom is 0.334 e. The van der Waals surface area contributed by atoms with Crippen LogP contribution >= 0.6 is 28.7 Å². The number of nitrogens with two attached hydrogens (primary N) is 2. The van der Waals surface area contributed by atoms with Gasteiger partial charge in [-0.25, -0.2) is 4.79 Å². The van der Waals surface area contributed by atoms with Gasteiger partial charge >= 0.3 is 5.97 Å². The number of non-ortho nitro benzene ring substituents is 1. The minimum absolute atomic E-state index is 0. The van der Waals surface area contributed by atoms with E-state index >= 15 is 0 Å². The first kappa shape index (κ1) is 19.9. The zero-order chi connectivity index (χ0) is 15.8. The van der Waals surface area contributed by atoms with E-state index in [9.17, 15) is 14.9 Å². The van der Waals surface area contributed by atoms with Crippen molar-refractivity contribution in [2.75, 3.05) is 12.9 Å². The minimum Gasteiger partial charge on any atom is -0.466 e. The van der Waals surface area contributed by atoms with E-state index in [-0.39, 0.29) is 33.6 Å². The fraction of sp³-hybridized carbons (Fsp3) is 0.167. The highest BCUT2D eigenvalue weighted by molar-refractivity contribution is 8.93. The molecule has 22 heavy (non-hydrogen) atoms. The third kappa shape index (κ3) is 6.14. The monoisotopic (exact) mass is 390 g/mol. The summed E-state index contributed by atoms with van der Waals surface area (Å²) in [7, 11) is 1.26. The van der Waals surface area contributed by atoms with E-state index in [1.54, 1.807) is 6.08 Å². The average Bonchev–Trinajstić information content (AvgIpc) is 2.50. The zero-order valence-electron chi connectivity index (χ0n) is 11.6. The Bertz CT molecular complexity index is 589. The number of nitro groups is 1. The average molecular weight is 391 g/mol. The summed E-state index contributed by atoms with van der Waals surface area (Å²) in [4.78, 5) is 21.7. The van der Waals surface area contributed by atoms with Gasteiger partial charge in [-0.15, -0.1) is 17.0 Å². The molecule has 0 radical (unpaired) electrons. The van der Waals surface area contributed by atoms with Gasteiger partial charge in [-0.3, -0.25) is 10.1 Å². The van der Waals surface area contributed by atoms with Crippen LogP contribution in [-0.2, 0) is 9.53 Å². The first-order chi connectivity index (χ1) is 9.97. The van der Waals surface area contributed by atoms with Crippen molar-refractivity contribution < 1.29 is 14.5 Å². The van der Waals surface area contributed by atoms with E-state index in [0.717, 1.165) is 11.8 Å². The molecule has 0 aliphatic rings. The molecule has 0 fully saturated rings. The molecule has 0 spiro atoms. The molecule has 0 saturated carbocycles. The number of hydrogen-bond donors (Lipinski definition) is 2. The van der Waals surface area contributed by atoms with Crippen LogP contribution in [0.3, 0.4) is 0 Å². The van der Waals surface area contributed by atoms with Gasteiger partial charge in [-0.1, -0.05) is 11.8 Å². The Labute approximate surface area is 141 Å². The van der Waals surface area contributed by atoms with Crippen LogP contribution in [0.1, 0.15) is 5.56 Å². The molecule has 1 aromatic rings. The van der Waals surface area contributed by atoms with Crippen LogP contribution in [-0.4, -0.2) is 28.9 Å². The Morgan fingerprint density at radius 1 is 1.45 bits per heavy atom. The van der Waals surface area contributed by atoms with Crippen LogP contribution in [0.5, 0.6) is 0 Å². The molecule has 0 heterocycles. The van der Waals surface area contributed by atoms with Crippen LogP contribution in [0.25, 0.3) is 6.08 Å². The molecule has 8 nitrogen and oxygen atoms in total. The third-order valence-corrected chi connectivity index (χ3v) is 3.25. The quantitative estimate of drug-likeness (QED) is 0.148. The van der Waals surface area contributed by atoms with Crippen molar-refractivity contribution in [3.63, 3.8) is 0 Å². The summed E-state index contributed by atoms with van der Waals surface area (Å²) in [5.41, 5.74) is 6.38. The third-order valence-electron chi connectivity index (χ3n) is 2.40. The van der Waals surface area contributed by atoms with Crippen LogP contribution in [0.4, 0.5) is 5.69 Å². The second kappa shape index (κ2) is 9.79. The molecule has 1 aromatic carbocycles. The topological polar surface area (TPSA) is 134 Å². The number of halogens is 1. The van der Waals surface area contributed by atoms with Crippen molar-refractivity contribution >= 4 is 51.6 Å². The SMILES string of the molecule is Br.COC(=O)/C(=C/c1ccc([N+](=O)[O-])cc1)CSC(N)=NN. The van der Waals surface area contributed by atoms with Crippen molar-refractivity contribution in [1.29, 1.82) is 0 Å². The molecule has 0 aliphatic carbocycles. The van der Waals surface area contributed by atoms with E-state index in [0.29, 0.717) is 11.1 Å². The van der Waals surface area contributed by atoms with E-state index in [1.165, 1.54) is 31.4 Å². The van der Waals surface area contributed by atoms with Gasteiger partial charge in [0.05, 0.1) is 12.0 Å². The lowest BCUT2D eigenvalue weighted by atomic mass is 10.1. The van der Waals surface area contributed by atoms with Crippen LogP contribution in [0.2, 0.25) is 0 Å². The number of benzene rings is 1. The lowest BCUT2D eigenvalue weighted by molar-refractivity contribution is -0.384. The highest BCUT2D eigenvalue weighted by Gasteiger charge is 2.11. The second-order valence-corrected chi connectivity index (χ2v) is 4.76. The van der Waals surface area contributed by atoms with E-state index < -0.39 is 10.9 Å². The van der Waals surface area contributed by atoms with Crippen molar-refractivity contribution in [3.8, 4) is 0 Å². The Balaban J connectivity index is 0.00000441. The van der Waals surface area contributed by atoms with Crippen molar-refractivity contribution in [3.05, 3.63) is 45.5 Å². The maximum atomic E-state index is 11.7. The lowest BCUT2D eigenvalue weighted by Gasteiger charge is -2.05. The molecule has 0 bridgehead atoms. The molecule has 4 N–H and O–H groups in total. The summed E-state index contributed by atoms with van der Waals surface area (Å²) in [5, 5.41) is 14.0. The molecule has 0 aromatic heterocycles. The standard InChI is InChI=1S/C12H14N4O4S.BrH/c1-20-11(17)9(7-21-12(13)15-14)6-8-2-4-10(5-3-8)16(18)19;/h2-6H,7,14H2,1H3,(H2,13,15);1H/b9-6+;.